The highest BCUT2D eigenvalue weighted by atomic mass is 32.1. The van der Waals surface area contributed by atoms with E-state index in [-0.39, 0.29) is 54.5 Å². The predicted octanol–water partition coefficient (Wildman–Crippen LogP) is 3.17. The van der Waals surface area contributed by atoms with Crippen LogP contribution in [0.1, 0.15) is 96.5 Å². The van der Waals surface area contributed by atoms with Crippen molar-refractivity contribution in [3.05, 3.63) is 82.5 Å². The van der Waals surface area contributed by atoms with Gasteiger partial charge in [0, 0.05) is 37.9 Å². The molecule has 272 valence electrons. The highest BCUT2D eigenvalue weighted by Gasteiger charge is 2.28. The van der Waals surface area contributed by atoms with E-state index >= 15 is 0 Å². The molecule has 0 radical (unpaired) electrons. The van der Waals surface area contributed by atoms with Gasteiger partial charge in [-0.05, 0) is 37.7 Å². The van der Waals surface area contributed by atoms with Crippen LogP contribution in [0.4, 0.5) is 0 Å². The molecule has 4 aromatic rings. The highest BCUT2D eigenvalue weighted by Crippen LogP contribution is 2.24. The Kier molecular flexibility index (Phi) is 13.9. The van der Waals surface area contributed by atoms with Crippen molar-refractivity contribution in [2.24, 2.45) is 5.92 Å². The van der Waals surface area contributed by atoms with E-state index in [0.717, 1.165) is 12.5 Å². The molecule has 3 atom stereocenters. The number of nitrogens with zero attached hydrogens (tertiary/aromatic N) is 6. The van der Waals surface area contributed by atoms with Gasteiger partial charge < -0.3 is 30.4 Å². The fourth-order valence-corrected chi connectivity index (χ4v) is 6.21. The maximum Gasteiger partial charge on any atom is 0.300 e. The van der Waals surface area contributed by atoms with Gasteiger partial charge in [-0.3, -0.25) is 28.7 Å². The van der Waals surface area contributed by atoms with Crippen LogP contribution in [0, 0.1) is 5.92 Å². The Bertz CT molecular complexity index is 1750. The molecule has 4 bridgehead atoms. The number of hydrogen-bond donors (Lipinski definition) is 4. The summed E-state index contributed by atoms with van der Waals surface area (Å²) in [5.74, 6) is -2.05. The van der Waals surface area contributed by atoms with Gasteiger partial charge in [-0.25, -0.2) is 15.0 Å². The molecule has 0 saturated carbocycles. The first-order chi connectivity index (χ1) is 24.4. The first kappa shape index (κ1) is 38.4. The molecule has 5 rings (SSSR count). The summed E-state index contributed by atoms with van der Waals surface area (Å²) in [6.45, 7) is 7.18. The van der Waals surface area contributed by atoms with Gasteiger partial charge in [-0.15, -0.1) is 11.3 Å². The Morgan fingerprint density at radius 1 is 1.06 bits per heavy atom. The Morgan fingerprint density at radius 3 is 2.47 bits per heavy atom. The Balaban J connectivity index is 0.00000138. The summed E-state index contributed by atoms with van der Waals surface area (Å²) in [5, 5.41) is 22.6. The van der Waals surface area contributed by atoms with Crippen molar-refractivity contribution >= 4 is 40.9 Å². The molecular weight excluding hydrogens is 678 g/mol. The maximum absolute atomic E-state index is 13.7. The zero-order valence-electron chi connectivity index (χ0n) is 28.9. The summed E-state index contributed by atoms with van der Waals surface area (Å²) in [5.41, 5.74) is 1.19. The lowest BCUT2D eigenvalue weighted by Gasteiger charge is -2.29. The number of amides is 4. The van der Waals surface area contributed by atoms with Crippen LogP contribution in [-0.2, 0) is 27.3 Å². The van der Waals surface area contributed by atoms with Gasteiger partial charge in [0.1, 0.15) is 35.7 Å². The second kappa shape index (κ2) is 18.5. The molecule has 0 spiro atoms. The van der Waals surface area contributed by atoms with Crippen molar-refractivity contribution in [1.82, 2.24) is 45.6 Å². The number of thiazole rings is 1. The Morgan fingerprint density at radius 2 is 1.78 bits per heavy atom. The van der Waals surface area contributed by atoms with Gasteiger partial charge in [-0.1, -0.05) is 44.2 Å². The number of aryl methyl sites for hydroxylation is 1. The third kappa shape index (κ3) is 12.1. The zero-order chi connectivity index (χ0) is 36.9. The molecule has 4 N–H and O–H groups in total. The van der Waals surface area contributed by atoms with Crippen molar-refractivity contribution in [2.45, 2.75) is 78.0 Å². The number of rotatable bonds is 8. The van der Waals surface area contributed by atoms with Crippen LogP contribution >= 0.6 is 11.3 Å². The van der Waals surface area contributed by atoms with E-state index in [1.807, 2.05) is 44.2 Å². The van der Waals surface area contributed by atoms with Crippen molar-refractivity contribution < 1.29 is 33.5 Å². The number of hydrogen-bond acceptors (Lipinski definition) is 11. The summed E-state index contributed by atoms with van der Waals surface area (Å²) < 4.78 is 7.20. The minimum absolute atomic E-state index is 0.0409. The van der Waals surface area contributed by atoms with Gasteiger partial charge >= 0.3 is 0 Å². The first-order valence-corrected chi connectivity index (χ1v) is 17.4. The predicted molar refractivity (Wildman–Crippen MR) is 185 cm³/mol. The molecule has 3 aromatic heterocycles. The van der Waals surface area contributed by atoms with Gasteiger partial charge in [0.15, 0.2) is 5.69 Å². The number of aromatic nitrogens is 5. The van der Waals surface area contributed by atoms with Crippen molar-refractivity contribution in [1.29, 1.82) is 0 Å². The molecule has 0 aliphatic carbocycles. The summed E-state index contributed by atoms with van der Waals surface area (Å²) in [6, 6.07) is 7.96. The average Bonchev–Trinajstić information content (AvgIpc) is 3.86. The lowest BCUT2D eigenvalue weighted by molar-refractivity contribution is -0.136. The minimum Gasteiger partial charge on any atom is -0.481 e. The Hall–Kier alpha value is -5.45. The number of oxazole rings is 1. The summed E-state index contributed by atoms with van der Waals surface area (Å²) in [4.78, 5) is 77.1. The number of carbonyl (C=O) groups is 5. The van der Waals surface area contributed by atoms with E-state index in [9.17, 15) is 19.2 Å². The summed E-state index contributed by atoms with van der Waals surface area (Å²) in [6.07, 6.45) is 5.88. The van der Waals surface area contributed by atoms with E-state index in [0.29, 0.717) is 30.8 Å². The van der Waals surface area contributed by atoms with Gasteiger partial charge in [0.05, 0.1) is 12.6 Å². The molecule has 4 amide bonds. The van der Waals surface area contributed by atoms with Gasteiger partial charge in [-0.2, -0.15) is 5.10 Å². The molecular formula is C34H43N9O7S. The number of carboxylic acid groups (broad SMARTS) is 1. The smallest absolute Gasteiger partial charge is 0.300 e. The normalized spacial score (nSPS) is 18.4. The standard InChI is InChI=1S/C32H39N9O5S.C2H4O2/c1-20(2)12-23-14-40(28(43)10-7-11-41-19-33-18-34-41)15-27(42)37-24(13-22-8-5-4-6-9-22)32-39-26(17-47-32)30(45)35-21(3)31-38-25(16-46-31)29(44)36-23;1-2(3)4/h4-6,8-9,16-21,23-24H,7,10-15H2,1-3H3,(H,35,45)(H,36,44)(H,37,42);1H3,(H,3,4)/t21-,23-,24-;/m1./s1. The van der Waals surface area contributed by atoms with Crippen LogP contribution in [0.2, 0.25) is 0 Å². The highest BCUT2D eigenvalue weighted by molar-refractivity contribution is 7.09. The number of nitrogens with one attached hydrogen (secondary N) is 3. The topological polar surface area (TPSA) is 215 Å². The molecule has 0 fully saturated rings. The van der Waals surface area contributed by atoms with E-state index in [2.05, 4.69) is 36.0 Å². The second-order valence-corrected chi connectivity index (χ2v) is 13.4. The minimum atomic E-state index is -0.833. The first-order valence-electron chi connectivity index (χ1n) is 16.5. The van der Waals surface area contributed by atoms with Crippen LogP contribution in [0.5, 0.6) is 0 Å². The molecule has 4 heterocycles. The Labute approximate surface area is 299 Å². The van der Waals surface area contributed by atoms with Crippen LogP contribution in [0.25, 0.3) is 0 Å². The third-order valence-electron chi connectivity index (χ3n) is 7.61. The lowest BCUT2D eigenvalue weighted by Crippen LogP contribution is -2.50. The average molecular weight is 722 g/mol. The summed E-state index contributed by atoms with van der Waals surface area (Å²) in [7, 11) is 0. The fraction of sp³-hybridized carbons (Fsp3) is 0.441. The molecule has 1 aliphatic rings. The molecule has 0 unspecified atom stereocenters. The van der Waals surface area contributed by atoms with Crippen molar-refractivity contribution in [3.63, 3.8) is 0 Å². The van der Waals surface area contributed by atoms with Crippen LogP contribution < -0.4 is 16.0 Å². The molecule has 17 heteroatoms. The number of benzene rings is 1. The largest absolute Gasteiger partial charge is 0.481 e. The SMILES string of the molecule is CC(=O)O.CC(C)C[C@@H]1CN(C(=O)CCCn2cncn2)CC(=O)N[C@H](Cc2ccccc2)c2nc(cs2)C(=O)N[C@H](C)c2nc(co2)C(=O)N1. The van der Waals surface area contributed by atoms with Gasteiger partial charge in [0.2, 0.25) is 17.7 Å². The molecule has 16 nitrogen and oxygen atoms in total. The van der Waals surface area contributed by atoms with Crippen LogP contribution in [0.15, 0.2) is 59.0 Å². The quantitative estimate of drug-likeness (QED) is 0.207. The zero-order valence-corrected chi connectivity index (χ0v) is 29.8. The number of aliphatic carboxylic acids is 1. The number of carboxylic acids is 1. The van der Waals surface area contributed by atoms with Crippen LogP contribution in [0.3, 0.4) is 0 Å². The van der Waals surface area contributed by atoms with E-state index in [1.54, 1.807) is 23.3 Å². The second-order valence-electron chi connectivity index (χ2n) is 12.5. The fourth-order valence-electron chi connectivity index (χ4n) is 5.36. The number of fused-ring (bicyclic) bond motifs is 4. The van der Waals surface area contributed by atoms with E-state index < -0.39 is 35.9 Å². The lowest BCUT2D eigenvalue weighted by atomic mass is 10.0. The monoisotopic (exact) mass is 721 g/mol. The molecule has 0 saturated heterocycles. The number of carbonyl (C=O) groups excluding carboxylic acids is 4. The van der Waals surface area contributed by atoms with E-state index in [1.165, 1.54) is 28.8 Å². The molecule has 1 aliphatic heterocycles. The van der Waals surface area contributed by atoms with E-state index in [4.69, 9.17) is 14.3 Å². The van der Waals surface area contributed by atoms with Gasteiger partial charge in [0.25, 0.3) is 17.8 Å². The third-order valence-corrected chi connectivity index (χ3v) is 8.57. The van der Waals surface area contributed by atoms with Crippen LogP contribution in [-0.4, -0.2) is 83.5 Å². The molecule has 1 aromatic carbocycles. The molecule has 51 heavy (non-hydrogen) atoms. The van der Waals surface area contributed by atoms with Crippen molar-refractivity contribution in [2.75, 3.05) is 13.1 Å². The summed E-state index contributed by atoms with van der Waals surface area (Å²) >= 11 is 1.26. The van der Waals surface area contributed by atoms with Crippen molar-refractivity contribution in [3.8, 4) is 0 Å². The maximum atomic E-state index is 13.7.